The van der Waals surface area contributed by atoms with Gasteiger partial charge in [0.25, 0.3) is 5.91 Å². The Bertz CT molecular complexity index is 2300. The molecule has 11 atom stereocenters. The zero-order chi connectivity index (χ0) is 45.6. The fourth-order valence-electron chi connectivity index (χ4n) is 10.4. The molecule has 16 nitrogen and oxygen atoms in total. The molecule has 3 fully saturated rings. The predicted molar refractivity (Wildman–Crippen MR) is 221 cm³/mol. The third kappa shape index (κ3) is 7.52. The average molecular weight is 869 g/mol. The number of ketones is 1. The summed E-state index contributed by atoms with van der Waals surface area (Å²) >= 11 is 0. The molecule has 3 aliphatic carbocycles. The molecule has 16 heteroatoms. The molecule has 1 heterocycles. The van der Waals surface area contributed by atoms with E-state index >= 15 is 4.79 Å². The van der Waals surface area contributed by atoms with E-state index in [2.05, 4.69) is 5.32 Å². The molecule has 1 saturated heterocycles. The number of ether oxygens (including phenoxy) is 5. The third-order valence-electron chi connectivity index (χ3n) is 13.6. The highest BCUT2D eigenvalue weighted by Gasteiger charge is 2.79. The van der Waals surface area contributed by atoms with Gasteiger partial charge in [-0.3, -0.25) is 19.2 Å². The Morgan fingerprint density at radius 3 is 2.00 bits per heavy atom. The van der Waals surface area contributed by atoms with Gasteiger partial charge in [-0.1, -0.05) is 80.6 Å². The van der Waals surface area contributed by atoms with Gasteiger partial charge in [0.15, 0.2) is 23.6 Å². The summed E-state index contributed by atoms with van der Waals surface area (Å²) in [6.07, 6.45) is -11.0. The van der Waals surface area contributed by atoms with Crippen LogP contribution in [0.2, 0.25) is 0 Å². The molecule has 4 aliphatic rings. The Morgan fingerprint density at radius 2 is 1.46 bits per heavy atom. The largest absolute Gasteiger partial charge is 0.456 e. The Labute approximate surface area is 363 Å². The number of amides is 1. The molecule has 2 bridgehead atoms. The summed E-state index contributed by atoms with van der Waals surface area (Å²) in [7, 11) is 0. The second-order valence-electron chi connectivity index (χ2n) is 17.3. The van der Waals surface area contributed by atoms with Crippen LogP contribution in [0.4, 0.5) is 0 Å². The van der Waals surface area contributed by atoms with Gasteiger partial charge in [-0.15, -0.1) is 0 Å². The lowest BCUT2D eigenvalue weighted by molar-refractivity contribution is -0.346. The first kappa shape index (κ1) is 45.3. The smallest absolute Gasteiger partial charge is 0.338 e. The van der Waals surface area contributed by atoms with Gasteiger partial charge in [-0.05, 0) is 47.9 Å². The van der Waals surface area contributed by atoms with Crippen molar-refractivity contribution in [2.45, 2.75) is 101 Å². The van der Waals surface area contributed by atoms with E-state index in [4.69, 9.17) is 29.4 Å². The summed E-state index contributed by atoms with van der Waals surface area (Å²) in [5.41, 5.74) is -0.929. The topological polar surface area (TPSA) is 247 Å². The second-order valence-corrected chi connectivity index (χ2v) is 17.3. The predicted octanol–water partition coefficient (Wildman–Crippen LogP) is 2.67. The van der Waals surface area contributed by atoms with E-state index in [0.29, 0.717) is 5.56 Å². The van der Waals surface area contributed by atoms with Crippen molar-refractivity contribution in [3.63, 3.8) is 0 Å². The number of esters is 4. The molecule has 0 unspecified atom stereocenters. The zero-order valence-electron chi connectivity index (χ0n) is 35.5. The first-order valence-corrected chi connectivity index (χ1v) is 20.7. The Kier molecular flexibility index (Phi) is 12.3. The van der Waals surface area contributed by atoms with Crippen LogP contribution in [0.5, 0.6) is 0 Å². The number of rotatable bonds is 11. The number of benzene rings is 3. The van der Waals surface area contributed by atoms with Crippen molar-refractivity contribution in [1.29, 1.82) is 0 Å². The SMILES string of the molecule is CC(=O)O[C@H]1C(=O)[C@@]2(CN)[C@H]([C@H](OC(=O)c3ccccc3)[C@]3(O)C[C@H](OC(=O)[C@H](O)[C@@H](NC(=O)c4ccccc4)c4ccccc4)C(C)=C1C3(C)C)[C@]1(OC(C)=O)CO[C@@H]1C[C@@H]2O. The van der Waals surface area contributed by atoms with Gasteiger partial charge in [0.1, 0.15) is 23.9 Å². The van der Waals surface area contributed by atoms with Crippen LogP contribution in [-0.2, 0) is 42.9 Å². The van der Waals surface area contributed by atoms with Crippen molar-refractivity contribution in [3.05, 3.63) is 119 Å². The quantitative estimate of drug-likeness (QED) is 0.106. The highest BCUT2D eigenvalue weighted by molar-refractivity contribution is 5.96. The molecule has 1 aliphatic heterocycles. The molecular weight excluding hydrogens is 817 g/mol. The molecular formula is C47H52N2O14. The lowest BCUT2D eigenvalue weighted by Gasteiger charge is -2.67. The number of aliphatic hydroxyl groups excluding tert-OH is 2. The van der Waals surface area contributed by atoms with Gasteiger partial charge in [0.2, 0.25) is 0 Å². The van der Waals surface area contributed by atoms with Crippen LogP contribution in [0.25, 0.3) is 0 Å². The summed E-state index contributed by atoms with van der Waals surface area (Å²) in [4.78, 5) is 83.8. The minimum absolute atomic E-state index is 0.0427. The van der Waals surface area contributed by atoms with Gasteiger partial charge >= 0.3 is 23.9 Å². The Balaban J connectivity index is 1.40. The summed E-state index contributed by atoms with van der Waals surface area (Å²) in [6.45, 7) is 5.76. The normalized spacial score (nSPS) is 31.5. The van der Waals surface area contributed by atoms with E-state index in [9.17, 15) is 39.3 Å². The van der Waals surface area contributed by atoms with E-state index < -0.39 is 119 Å². The first-order valence-electron chi connectivity index (χ1n) is 20.7. The van der Waals surface area contributed by atoms with Crippen molar-refractivity contribution in [1.82, 2.24) is 5.32 Å². The zero-order valence-corrected chi connectivity index (χ0v) is 35.5. The fourth-order valence-corrected chi connectivity index (χ4v) is 10.4. The monoisotopic (exact) mass is 868 g/mol. The van der Waals surface area contributed by atoms with E-state index in [1.54, 1.807) is 92.7 Å². The number of aliphatic hydroxyl groups is 3. The van der Waals surface area contributed by atoms with Crippen LogP contribution >= 0.6 is 0 Å². The van der Waals surface area contributed by atoms with E-state index in [1.165, 1.54) is 19.1 Å². The van der Waals surface area contributed by atoms with Crippen LogP contribution in [-0.4, -0.2) is 112 Å². The van der Waals surface area contributed by atoms with Crippen LogP contribution in [0, 0.1) is 16.7 Å². The third-order valence-corrected chi connectivity index (χ3v) is 13.6. The van der Waals surface area contributed by atoms with E-state index in [0.717, 1.165) is 13.8 Å². The standard InChI is InChI=1S/C47H52N2O14/c1-25-31(61-43(57)36(53)35(28-15-9-6-10-16-28)49-41(55)29-17-11-7-12-18-29)22-47(58)40(62-42(56)30-19-13-8-14-20-30)38-45(23-48,32(52)21-33-46(38,24-59-33)63-27(3)51)39(54)37(60-26(2)50)34(25)44(47,4)5/h6-20,31-33,35-38,40,52-53,58H,21-24,48H2,1-5H3,(H,49,55)/t31-,32-,33+,35-,36+,37+,38-,40-,45+,46-,47+/m0/s1. The van der Waals surface area contributed by atoms with Crippen LogP contribution in [0.1, 0.15) is 79.8 Å². The molecule has 63 heavy (non-hydrogen) atoms. The highest BCUT2D eigenvalue weighted by Crippen LogP contribution is 2.64. The van der Waals surface area contributed by atoms with Gasteiger partial charge in [-0.2, -0.15) is 0 Å². The lowest BCUT2D eigenvalue weighted by atomic mass is 9.44. The number of Topliss-reactive ketones (excluding diaryl/α,β-unsaturated/α-hetero) is 1. The molecule has 334 valence electrons. The lowest BCUT2D eigenvalue weighted by Crippen LogP contribution is -2.83. The van der Waals surface area contributed by atoms with Crippen LogP contribution in [0.15, 0.2) is 102 Å². The van der Waals surface area contributed by atoms with Crippen molar-refractivity contribution in [2.75, 3.05) is 13.2 Å². The van der Waals surface area contributed by atoms with Crippen molar-refractivity contribution in [3.8, 4) is 0 Å². The van der Waals surface area contributed by atoms with Crippen molar-refractivity contribution < 1.29 is 67.8 Å². The van der Waals surface area contributed by atoms with Gasteiger partial charge in [0.05, 0.1) is 35.6 Å². The van der Waals surface area contributed by atoms with Gasteiger partial charge in [0, 0.05) is 44.2 Å². The van der Waals surface area contributed by atoms with E-state index in [-0.39, 0.29) is 35.3 Å². The number of carbonyl (C=O) groups excluding carboxylic acids is 6. The molecule has 3 aromatic rings. The molecule has 2 saturated carbocycles. The molecule has 6 N–H and O–H groups in total. The van der Waals surface area contributed by atoms with Gasteiger partial charge in [-0.25, -0.2) is 9.59 Å². The maximum Gasteiger partial charge on any atom is 0.338 e. The summed E-state index contributed by atoms with van der Waals surface area (Å²) in [5.74, 6) is -7.17. The number of nitrogens with one attached hydrogen (secondary N) is 1. The van der Waals surface area contributed by atoms with E-state index in [1.807, 2.05) is 0 Å². The first-order chi connectivity index (χ1) is 29.8. The maximum absolute atomic E-state index is 15.6. The van der Waals surface area contributed by atoms with Crippen LogP contribution < -0.4 is 11.1 Å². The van der Waals surface area contributed by atoms with Gasteiger partial charge < -0.3 is 50.1 Å². The minimum atomic E-state index is -2.45. The summed E-state index contributed by atoms with van der Waals surface area (Å²) < 4.78 is 30.3. The number of nitrogens with two attached hydrogens (primary N) is 1. The molecule has 7 rings (SSSR count). The molecule has 0 radical (unpaired) electrons. The second kappa shape index (κ2) is 17.1. The van der Waals surface area contributed by atoms with Crippen molar-refractivity contribution >= 4 is 35.6 Å². The number of carbonyl (C=O) groups is 6. The molecule has 0 spiro atoms. The van der Waals surface area contributed by atoms with Crippen molar-refractivity contribution in [2.24, 2.45) is 22.5 Å². The number of fused-ring (bicyclic) bond motifs is 5. The minimum Gasteiger partial charge on any atom is -0.456 e. The molecule has 3 aromatic carbocycles. The summed E-state index contributed by atoms with van der Waals surface area (Å²) in [5, 5.41) is 40.4. The molecule has 0 aromatic heterocycles. The Hall–Kier alpha value is -5.78. The highest BCUT2D eigenvalue weighted by atomic mass is 16.6. The fraction of sp³-hybridized carbons (Fsp3) is 0.447. The maximum atomic E-state index is 15.6. The number of hydrogen-bond acceptors (Lipinski definition) is 15. The molecule has 1 amide bonds. The Morgan fingerprint density at radius 1 is 0.873 bits per heavy atom. The summed E-state index contributed by atoms with van der Waals surface area (Å²) in [6, 6.07) is 22.8. The average Bonchev–Trinajstić information content (AvgIpc) is 3.25. The van der Waals surface area contributed by atoms with Crippen LogP contribution in [0.3, 0.4) is 0 Å². The number of hydrogen-bond donors (Lipinski definition) is 5.